The monoisotopic (exact) mass is 166 g/mol. The molecule has 3 rings (SSSR count). The van der Waals surface area contributed by atoms with E-state index >= 15 is 0 Å². The topological polar surface area (TPSA) is 24.1 Å². The summed E-state index contributed by atoms with van der Waals surface area (Å²) in [7, 11) is 0. The van der Waals surface area contributed by atoms with Gasteiger partial charge in [-0.25, -0.2) is 0 Å². The molecule has 0 atom stereocenters. The second-order valence-electron chi connectivity index (χ2n) is 3.42. The Labute approximate surface area is 69.6 Å². The molecule has 2 heterocycles. The Morgan fingerprint density at radius 3 is 3.18 bits per heavy atom. The Kier molecular flexibility index (Phi) is 0.921. The number of nitrogens with one attached hydrogen (secondary N) is 2. The number of fused-ring (bicyclic) bond motifs is 1. The molecular formula is C8H10N2S. The number of thiophene rings is 1. The van der Waals surface area contributed by atoms with Crippen molar-refractivity contribution in [1.29, 1.82) is 0 Å². The minimum Gasteiger partial charge on any atom is -0.380 e. The normalized spacial score (nSPS) is 23.6. The van der Waals surface area contributed by atoms with Crippen molar-refractivity contribution in [3.63, 3.8) is 0 Å². The summed E-state index contributed by atoms with van der Waals surface area (Å²) in [6, 6.07) is 2.14. The lowest BCUT2D eigenvalue weighted by atomic mass is 10.2. The first-order valence-corrected chi connectivity index (χ1v) is 4.86. The van der Waals surface area contributed by atoms with Gasteiger partial charge in [0, 0.05) is 6.54 Å². The summed E-state index contributed by atoms with van der Waals surface area (Å²) in [5, 5.41) is 10.5. The summed E-state index contributed by atoms with van der Waals surface area (Å²) in [5.41, 5.74) is 1.73. The van der Waals surface area contributed by atoms with Gasteiger partial charge in [0.25, 0.3) is 0 Å². The molecule has 58 valence electrons. The van der Waals surface area contributed by atoms with Gasteiger partial charge in [-0.15, -0.1) is 11.3 Å². The van der Waals surface area contributed by atoms with Crippen LogP contribution in [0, 0.1) is 0 Å². The highest BCUT2D eigenvalue weighted by atomic mass is 32.1. The third kappa shape index (κ3) is 0.774. The standard InChI is InChI=1S/C8H10N2S/c1-4-11-7-6(1)9-5-8(10-7)2-3-8/h1,4,9-10H,2-3,5H2. The van der Waals surface area contributed by atoms with Crippen molar-refractivity contribution in [3.05, 3.63) is 11.4 Å². The Balaban J connectivity index is 2.00. The Morgan fingerprint density at radius 1 is 1.45 bits per heavy atom. The fraction of sp³-hybridized carbons (Fsp3) is 0.500. The van der Waals surface area contributed by atoms with E-state index in [0.717, 1.165) is 6.54 Å². The summed E-state index contributed by atoms with van der Waals surface area (Å²) in [4.78, 5) is 0. The zero-order valence-electron chi connectivity index (χ0n) is 6.18. The molecule has 1 aliphatic carbocycles. The number of hydrogen-bond acceptors (Lipinski definition) is 3. The number of hydrogen-bond donors (Lipinski definition) is 2. The molecular weight excluding hydrogens is 156 g/mol. The lowest BCUT2D eigenvalue weighted by Crippen LogP contribution is -2.33. The SMILES string of the molecule is c1cc2c(s1)NC1(CC1)CN2. The van der Waals surface area contributed by atoms with Crippen molar-refractivity contribution < 1.29 is 0 Å². The quantitative estimate of drug-likeness (QED) is 0.617. The Hall–Kier alpha value is -0.700. The van der Waals surface area contributed by atoms with Gasteiger partial charge in [0.2, 0.25) is 0 Å². The summed E-state index contributed by atoms with van der Waals surface area (Å²) in [6.07, 6.45) is 2.66. The van der Waals surface area contributed by atoms with Crippen LogP contribution in [0.1, 0.15) is 12.8 Å². The van der Waals surface area contributed by atoms with E-state index < -0.39 is 0 Å². The third-order valence-corrected chi connectivity index (χ3v) is 3.34. The number of rotatable bonds is 0. The summed E-state index contributed by atoms with van der Waals surface area (Å²) >= 11 is 1.79. The fourth-order valence-corrected chi connectivity index (χ4v) is 2.43. The highest BCUT2D eigenvalue weighted by molar-refractivity contribution is 7.14. The molecule has 0 aromatic carbocycles. The Morgan fingerprint density at radius 2 is 2.36 bits per heavy atom. The maximum absolute atomic E-state index is 3.58. The first-order valence-electron chi connectivity index (χ1n) is 3.98. The van der Waals surface area contributed by atoms with Crippen molar-refractivity contribution in [1.82, 2.24) is 0 Å². The predicted octanol–water partition coefficient (Wildman–Crippen LogP) is 2.12. The van der Waals surface area contributed by atoms with Crippen LogP contribution < -0.4 is 10.6 Å². The maximum Gasteiger partial charge on any atom is 0.112 e. The minimum atomic E-state index is 0.442. The smallest absolute Gasteiger partial charge is 0.112 e. The van der Waals surface area contributed by atoms with E-state index in [1.54, 1.807) is 11.3 Å². The largest absolute Gasteiger partial charge is 0.380 e. The minimum absolute atomic E-state index is 0.442. The number of anilines is 2. The van der Waals surface area contributed by atoms with Gasteiger partial charge < -0.3 is 10.6 Å². The van der Waals surface area contributed by atoms with E-state index in [2.05, 4.69) is 22.1 Å². The summed E-state index contributed by atoms with van der Waals surface area (Å²) < 4.78 is 0. The second-order valence-corrected chi connectivity index (χ2v) is 4.34. The molecule has 0 unspecified atom stereocenters. The van der Waals surface area contributed by atoms with Gasteiger partial charge in [-0.3, -0.25) is 0 Å². The second kappa shape index (κ2) is 1.72. The van der Waals surface area contributed by atoms with Crippen LogP contribution in [0.2, 0.25) is 0 Å². The molecule has 3 heteroatoms. The van der Waals surface area contributed by atoms with Gasteiger partial charge in [-0.2, -0.15) is 0 Å². The van der Waals surface area contributed by atoms with E-state index in [1.165, 1.54) is 23.5 Å². The average molecular weight is 166 g/mol. The van der Waals surface area contributed by atoms with Crippen molar-refractivity contribution in [2.75, 3.05) is 17.2 Å². The van der Waals surface area contributed by atoms with Gasteiger partial charge in [-0.1, -0.05) is 0 Å². The van der Waals surface area contributed by atoms with Gasteiger partial charge in [0.15, 0.2) is 0 Å². The van der Waals surface area contributed by atoms with Crippen LogP contribution in [0.15, 0.2) is 11.4 Å². The summed E-state index contributed by atoms with van der Waals surface area (Å²) in [5.74, 6) is 0. The van der Waals surface area contributed by atoms with Crippen LogP contribution in [0.4, 0.5) is 10.7 Å². The first-order chi connectivity index (χ1) is 5.38. The molecule has 1 aromatic rings. The van der Waals surface area contributed by atoms with E-state index in [-0.39, 0.29) is 0 Å². The molecule has 2 aliphatic rings. The van der Waals surface area contributed by atoms with Crippen molar-refractivity contribution in [3.8, 4) is 0 Å². The molecule has 0 radical (unpaired) electrons. The highest BCUT2D eigenvalue weighted by Crippen LogP contribution is 2.45. The van der Waals surface area contributed by atoms with Crippen LogP contribution in [0.25, 0.3) is 0 Å². The average Bonchev–Trinajstić information content (AvgIpc) is 2.63. The molecule has 1 spiro atoms. The predicted molar refractivity (Wildman–Crippen MR) is 48.4 cm³/mol. The van der Waals surface area contributed by atoms with Crippen molar-refractivity contribution in [2.24, 2.45) is 0 Å². The molecule has 11 heavy (non-hydrogen) atoms. The molecule has 0 bridgehead atoms. The van der Waals surface area contributed by atoms with Crippen LogP contribution in [0.3, 0.4) is 0 Å². The van der Waals surface area contributed by atoms with Gasteiger partial charge in [-0.05, 0) is 24.3 Å². The molecule has 2 nitrogen and oxygen atoms in total. The van der Waals surface area contributed by atoms with Crippen LogP contribution in [0.5, 0.6) is 0 Å². The molecule has 1 fully saturated rings. The highest BCUT2D eigenvalue weighted by Gasteiger charge is 2.45. The lowest BCUT2D eigenvalue weighted by Gasteiger charge is -2.25. The molecule has 0 saturated heterocycles. The van der Waals surface area contributed by atoms with Gasteiger partial charge in [0.05, 0.1) is 11.2 Å². The maximum atomic E-state index is 3.58. The van der Waals surface area contributed by atoms with Gasteiger partial charge >= 0.3 is 0 Å². The zero-order valence-corrected chi connectivity index (χ0v) is 7.00. The molecule has 1 aliphatic heterocycles. The van der Waals surface area contributed by atoms with Crippen molar-refractivity contribution >= 4 is 22.0 Å². The molecule has 1 saturated carbocycles. The fourth-order valence-electron chi connectivity index (χ4n) is 1.55. The van der Waals surface area contributed by atoms with E-state index in [0.29, 0.717) is 5.54 Å². The van der Waals surface area contributed by atoms with Gasteiger partial charge in [0.1, 0.15) is 5.00 Å². The van der Waals surface area contributed by atoms with E-state index in [1.807, 2.05) is 0 Å². The molecule has 1 aromatic heterocycles. The first kappa shape index (κ1) is 5.89. The van der Waals surface area contributed by atoms with Crippen LogP contribution in [-0.4, -0.2) is 12.1 Å². The zero-order chi connectivity index (χ0) is 7.31. The molecule has 2 N–H and O–H groups in total. The summed E-state index contributed by atoms with van der Waals surface area (Å²) in [6.45, 7) is 1.11. The Bertz CT molecular complexity index is 288. The third-order valence-electron chi connectivity index (χ3n) is 2.51. The molecule has 0 amide bonds. The van der Waals surface area contributed by atoms with Crippen molar-refractivity contribution in [2.45, 2.75) is 18.4 Å². The van der Waals surface area contributed by atoms with E-state index in [9.17, 15) is 0 Å². The van der Waals surface area contributed by atoms with Crippen LogP contribution >= 0.6 is 11.3 Å². The van der Waals surface area contributed by atoms with E-state index in [4.69, 9.17) is 0 Å². The van der Waals surface area contributed by atoms with Crippen LogP contribution in [-0.2, 0) is 0 Å². The lowest BCUT2D eigenvalue weighted by molar-refractivity contribution is 0.760.